The molecule has 0 atom stereocenters. The predicted molar refractivity (Wildman–Crippen MR) is 108 cm³/mol. The summed E-state index contributed by atoms with van der Waals surface area (Å²) in [5, 5.41) is 4.60. The smallest absolute Gasteiger partial charge is 0.129 e. The molecule has 1 aromatic carbocycles. The highest BCUT2D eigenvalue weighted by atomic mass is 15.1. The Labute approximate surface area is 149 Å². The lowest BCUT2D eigenvalue weighted by atomic mass is 10.0. The number of nitrogens with one attached hydrogen (secondary N) is 1. The van der Waals surface area contributed by atoms with Crippen LogP contribution in [0.3, 0.4) is 0 Å². The Kier molecular flexibility index (Phi) is 5.51. The van der Waals surface area contributed by atoms with Gasteiger partial charge in [-0.3, -0.25) is 0 Å². The van der Waals surface area contributed by atoms with E-state index in [4.69, 9.17) is 10.7 Å². The average molecular weight is 334 g/mol. The first-order valence-electron chi connectivity index (χ1n) is 8.79. The van der Waals surface area contributed by atoms with Gasteiger partial charge in [-0.1, -0.05) is 49.6 Å². The van der Waals surface area contributed by atoms with Crippen LogP contribution in [0.25, 0.3) is 10.9 Å². The summed E-state index contributed by atoms with van der Waals surface area (Å²) in [7, 11) is 0. The number of para-hydroxylation sites is 1. The zero-order chi connectivity index (χ0) is 17.6. The Hall–Kier alpha value is -2.59. The first-order chi connectivity index (χ1) is 12.2. The molecule has 1 aliphatic heterocycles. The van der Waals surface area contributed by atoms with Crippen LogP contribution < -0.4 is 16.0 Å². The minimum atomic E-state index is 0.320. The van der Waals surface area contributed by atoms with Gasteiger partial charge in [-0.2, -0.15) is 0 Å². The molecule has 0 spiro atoms. The Morgan fingerprint density at radius 2 is 2.04 bits per heavy atom. The maximum Gasteiger partial charge on any atom is 0.129 e. The highest BCUT2D eigenvalue weighted by molar-refractivity contribution is 5.93. The minimum absolute atomic E-state index is 0.320. The molecule has 0 saturated carbocycles. The quantitative estimate of drug-likeness (QED) is 0.787. The summed E-state index contributed by atoms with van der Waals surface area (Å²) in [5.41, 5.74) is 9.38. The molecule has 0 amide bonds. The Morgan fingerprint density at radius 3 is 2.76 bits per heavy atom. The van der Waals surface area contributed by atoms with Gasteiger partial charge < -0.3 is 16.0 Å². The van der Waals surface area contributed by atoms with Gasteiger partial charge in [0.15, 0.2) is 0 Å². The highest BCUT2D eigenvalue weighted by Gasteiger charge is 2.19. The SMILES string of the molecule is C=C/C=C(\C=C)CNc1cc(N2CCC(N)CC2)c2ccccc2n1. The summed E-state index contributed by atoms with van der Waals surface area (Å²) in [6.45, 7) is 10.2. The normalized spacial score (nSPS) is 16.0. The average Bonchev–Trinajstić information content (AvgIpc) is 2.65. The van der Waals surface area contributed by atoms with Gasteiger partial charge in [-0.25, -0.2) is 4.98 Å². The van der Waals surface area contributed by atoms with Crippen molar-refractivity contribution in [2.45, 2.75) is 18.9 Å². The van der Waals surface area contributed by atoms with Crippen LogP contribution in [0.2, 0.25) is 0 Å². The molecule has 1 aromatic heterocycles. The highest BCUT2D eigenvalue weighted by Crippen LogP contribution is 2.30. The second kappa shape index (κ2) is 7.99. The molecule has 2 aromatic rings. The van der Waals surface area contributed by atoms with Crippen molar-refractivity contribution < 1.29 is 0 Å². The number of hydrogen-bond acceptors (Lipinski definition) is 4. The van der Waals surface area contributed by atoms with Crippen molar-refractivity contribution in [3.63, 3.8) is 0 Å². The second-order valence-electron chi connectivity index (χ2n) is 6.40. The van der Waals surface area contributed by atoms with E-state index in [2.05, 4.69) is 47.6 Å². The molecule has 0 unspecified atom stereocenters. The lowest BCUT2D eigenvalue weighted by Gasteiger charge is -2.33. The lowest BCUT2D eigenvalue weighted by Crippen LogP contribution is -2.39. The summed E-state index contributed by atoms with van der Waals surface area (Å²) in [5.74, 6) is 0.875. The molecule has 0 aliphatic carbocycles. The van der Waals surface area contributed by atoms with Crippen molar-refractivity contribution in [3.8, 4) is 0 Å². The van der Waals surface area contributed by atoms with E-state index in [1.54, 1.807) is 6.08 Å². The number of piperidine rings is 1. The molecule has 0 bridgehead atoms. The summed E-state index contributed by atoms with van der Waals surface area (Å²) in [4.78, 5) is 7.19. The van der Waals surface area contributed by atoms with E-state index >= 15 is 0 Å². The largest absolute Gasteiger partial charge is 0.371 e. The fourth-order valence-electron chi connectivity index (χ4n) is 3.19. The molecule has 2 heterocycles. The van der Waals surface area contributed by atoms with Crippen LogP contribution in [0.1, 0.15) is 12.8 Å². The van der Waals surface area contributed by atoms with Gasteiger partial charge in [-0.05, 0) is 24.5 Å². The van der Waals surface area contributed by atoms with E-state index in [1.165, 1.54) is 11.1 Å². The first kappa shape index (κ1) is 17.2. The predicted octanol–water partition coefficient (Wildman–Crippen LogP) is 3.87. The molecule has 25 heavy (non-hydrogen) atoms. The van der Waals surface area contributed by atoms with E-state index in [-0.39, 0.29) is 0 Å². The number of fused-ring (bicyclic) bond motifs is 1. The van der Waals surface area contributed by atoms with Gasteiger partial charge in [0.25, 0.3) is 0 Å². The van der Waals surface area contributed by atoms with Crippen molar-refractivity contribution in [2.24, 2.45) is 5.73 Å². The van der Waals surface area contributed by atoms with Crippen LogP contribution in [0.5, 0.6) is 0 Å². The van der Waals surface area contributed by atoms with E-state index < -0.39 is 0 Å². The number of nitrogens with zero attached hydrogens (tertiary/aromatic N) is 2. The van der Waals surface area contributed by atoms with Crippen molar-refractivity contribution >= 4 is 22.4 Å². The number of benzene rings is 1. The molecule has 3 N–H and O–H groups in total. The monoisotopic (exact) mass is 334 g/mol. The summed E-state index contributed by atoms with van der Waals surface area (Å²) in [6, 6.07) is 10.8. The van der Waals surface area contributed by atoms with E-state index in [1.807, 2.05) is 18.2 Å². The molecule has 1 aliphatic rings. The molecule has 1 fully saturated rings. The van der Waals surface area contributed by atoms with Crippen LogP contribution >= 0.6 is 0 Å². The van der Waals surface area contributed by atoms with Crippen molar-refractivity contribution in [2.75, 3.05) is 29.9 Å². The van der Waals surface area contributed by atoms with Crippen LogP contribution in [-0.4, -0.2) is 30.7 Å². The Morgan fingerprint density at radius 1 is 1.28 bits per heavy atom. The maximum atomic E-state index is 6.07. The van der Waals surface area contributed by atoms with Gasteiger partial charge in [0.2, 0.25) is 0 Å². The van der Waals surface area contributed by atoms with Crippen molar-refractivity contribution in [1.29, 1.82) is 0 Å². The molecule has 3 rings (SSSR count). The van der Waals surface area contributed by atoms with Gasteiger partial charge in [0.1, 0.15) is 5.82 Å². The van der Waals surface area contributed by atoms with Gasteiger partial charge >= 0.3 is 0 Å². The molecule has 4 nitrogen and oxygen atoms in total. The number of allylic oxidation sites excluding steroid dienone is 2. The third-order valence-electron chi connectivity index (χ3n) is 4.64. The number of hydrogen-bond donors (Lipinski definition) is 2. The zero-order valence-corrected chi connectivity index (χ0v) is 14.6. The number of aromatic nitrogens is 1. The molecule has 4 heteroatoms. The standard InChI is InChI=1S/C21H26N4/c1-3-7-16(4-2)15-23-21-14-20(25-12-10-17(22)11-13-25)18-8-5-6-9-19(18)24-21/h3-9,14,17H,1-2,10-13,15,22H2,(H,23,24)/b16-7+. The van der Waals surface area contributed by atoms with Gasteiger partial charge in [0.05, 0.1) is 5.52 Å². The van der Waals surface area contributed by atoms with Crippen LogP contribution in [0.15, 0.2) is 67.3 Å². The second-order valence-corrected chi connectivity index (χ2v) is 6.40. The van der Waals surface area contributed by atoms with Crippen LogP contribution in [0.4, 0.5) is 11.5 Å². The zero-order valence-electron chi connectivity index (χ0n) is 14.6. The van der Waals surface area contributed by atoms with Crippen molar-refractivity contribution in [3.05, 3.63) is 67.3 Å². The topological polar surface area (TPSA) is 54.2 Å². The fraction of sp³-hybridized carbons (Fsp3) is 0.286. The molecule has 0 radical (unpaired) electrons. The van der Waals surface area contributed by atoms with E-state index in [9.17, 15) is 0 Å². The fourth-order valence-corrected chi connectivity index (χ4v) is 3.19. The van der Waals surface area contributed by atoms with E-state index in [0.717, 1.165) is 42.8 Å². The molecule has 130 valence electrons. The van der Waals surface area contributed by atoms with Crippen LogP contribution in [0, 0.1) is 0 Å². The maximum absolute atomic E-state index is 6.07. The first-order valence-corrected chi connectivity index (χ1v) is 8.79. The van der Waals surface area contributed by atoms with Crippen LogP contribution in [-0.2, 0) is 0 Å². The van der Waals surface area contributed by atoms with E-state index in [0.29, 0.717) is 12.6 Å². The number of anilines is 2. The summed E-state index contributed by atoms with van der Waals surface area (Å²) in [6.07, 6.45) is 7.62. The van der Waals surface area contributed by atoms with Gasteiger partial charge in [-0.15, -0.1) is 0 Å². The molecular weight excluding hydrogens is 308 g/mol. The minimum Gasteiger partial charge on any atom is -0.371 e. The van der Waals surface area contributed by atoms with Crippen molar-refractivity contribution in [1.82, 2.24) is 4.98 Å². The summed E-state index contributed by atoms with van der Waals surface area (Å²) < 4.78 is 0. The molecule has 1 saturated heterocycles. The number of pyridine rings is 1. The van der Waals surface area contributed by atoms with Gasteiger partial charge in [0, 0.05) is 42.8 Å². The number of nitrogens with two attached hydrogens (primary N) is 1. The molecular formula is C21H26N4. The number of rotatable bonds is 6. The Bertz CT molecular complexity index is 786. The third-order valence-corrected chi connectivity index (χ3v) is 4.64. The summed E-state index contributed by atoms with van der Waals surface area (Å²) >= 11 is 0. The Balaban J connectivity index is 1.91. The third kappa shape index (κ3) is 4.09. The lowest BCUT2D eigenvalue weighted by molar-refractivity contribution is 0.502.